The average Bonchev–Trinajstić information content (AvgIpc) is 2.73. The van der Waals surface area contributed by atoms with Crippen LogP contribution in [-0.4, -0.2) is 24.2 Å². The molecule has 5 heteroatoms. The highest BCUT2D eigenvalue weighted by molar-refractivity contribution is 9.10. The van der Waals surface area contributed by atoms with Gasteiger partial charge in [-0.3, -0.25) is 0 Å². The first-order valence-electron chi connectivity index (χ1n) is 5.16. The summed E-state index contributed by atoms with van der Waals surface area (Å²) < 4.78 is 0.991. The minimum atomic E-state index is 0.0160. The van der Waals surface area contributed by atoms with Gasteiger partial charge < -0.3 is 10.0 Å². The molecule has 17 heavy (non-hydrogen) atoms. The predicted molar refractivity (Wildman–Crippen MR) is 75.5 cm³/mol. The first-order valence-corrected chi connectivity index (χ1v) is 6.77. The van der Waals surface area contributed by atoms with Gasteiger partial charge in [-0.2, -0.15) is 0 Å². The second-order valence-electron chi connectivity index (χ2n) is 3.80. The molecule has 3 nitrogen and oxygen atoms in total. The Morgan fingerprint density at radius 3 is 2.65 bits per heavy atom. The summed E-state index contributed by atoms with van der Waals surface area (Å²) in [7, 11) is 3.90. The number of aliphatic hydroxyl groups excluding tert-OH is 1. The van der Waals surface area contributed by atoms with E-state index in [1.165, 1.54) is 11.3 Å². The van der Waals surface area contributed by atoms with Crippen molar-refractivity contribution in [3.63, 3.8) is 0 Å². The number of aliphatic hydroxyl groups is 1. The number of aromatic nitrogens is 1. The van der Waals surface area contributed by atoms with Gasteiger partial charge in [0.25, 0.3) is 0 Å². The van der Waals surface area contributed by atoms with Gasteiger partial charge in [0.15, 0.2) is 5.13 Å². The van der Waals surface area contributed by atoms with Crippen LogP contribution < -0.4 is 4.90 Å². The molecule has 0 bridgehead atoms. The summed E-state index contributed by atoms with van der Waals surface area (Å²) in [5, 5.41) is 10.3. The van der Waals surface area contributed by atoms with Crippen LogP contribution in [0.4, 0.5) is 5.13 Å². The van der Waals surface area contributed by atoms with Crippen LogP contribution in [0.1, 0.15) is 4.88 Å². The molecule has 0 aliphatic carbocycles. The van der Waals surface area contributed by atoms with Crippen LogP contribution in [0.5, 0.6) is 0 Å². The fraction of sp³-hybridized carbons (Fsp3) is 0.250. The summed E-state index contributed by atoms with van der Waals surface area (Å²) in [5.41, 5.74) is 1.87. The number of benzene rings is 1. The zero-order chi connectivity index (χ0) is 12.4. The monoisotopic (exact) mass is 312 g/mol. The fourth-order valence-electron chi connectivity index (χ4n) is 1.50. The van der Waals surface area contributed by atoms with Crippen LogP contribution in [0.2, 0.25) is 0 Å². The molecule has 0 aliphatic heterocycles. The fourth-order valence-corrected chi connectivity index (χ4v) is 2.83. The third-order valence-electron chi connectivity index (χ3n) is 2.34. The van der Waals surface area contributed by atoms with Crippen LogP contribution in [-0.2, 0) is 6.61 Å². The number of anilines is 1. The summed E-state index contributed by atoms with van der Waals surface area (Å²) in [6, 6.07) is 7.91. The molecule has 0 aliphatic rings. The van der Waals surface area contributed by atoms with Crippen LogP contribution >= 0.6 is 27.3 Å². The van der Waals surface area contributed by atoms with Crippen LogP contribution in [0.3, 0.4) is 0 Å². The molecule has 0 fully saturated rings. The van der Waals surface area contributed by atoms with Crippen molar-refractivity contribution in [2.75, 3.05) is 19.0 Å². The van der Waals surface area contributed by atoms with Crippen molar-refractivity contribution < 1.29 is 5.11 Å². The topological polar surface area (TPSA) is 36.4 Å². The molecule has 0 atom stereocenters. The molecule has 0 spiro atoms. The Bertz CT molecular complexity index is 525. The van der Waals surface area contributed by atoms with Crippen molar-refractivity contribution in [3.8, 4) is 11.3 Å². The highest BCUT2D eigenvalue weighted by atomic mass is 79.9. The predicted octanol–water partition coefficient (Wildman–Crippen LogP) is 3.13. The second-order valence-corrected chi connectivity index (χ2v) is 5.72. The van der Waals surface area contributed by atoms with Crippen molar-refractivity contribution in [2.45, 2.75) is 6.61 Å². The van der Waals surface area contributed by atoms with E-state index in [9.17, 15) is 5.11 Å². The number of nitrogens with zero attached hydrogens (tertiary/aromatic N) is 2. The van der Waals surface area contributed by atoms with Gasteiger partial charge in [-0.05, 0) is 6.07 Å². The molecule has 0 saturated heterocycles. The van der Waals surface area contributed by atoms with E-state index >= 15 is 0 Å². The lowest BCUT2D eigenvalue weighted by Crippen LogP contribution is -2.07. The van der Waals surface area contributed by atoms with E-state index in [1.807, 2.05) is 43.3 Å². The molecule has 0 radical (unpaired) electrons. The zero-order valence-electron chi connectivity index (χ0n) is 9.64. The first kappa shape index (κ1) is 12.5. The number of hydrogen-bond acceptors (Lipinski definition) is 4. The van der Waals surface area contributed by atoms with Gasteiger partial charge in [-0.25, -0.2) is 4.98 Å². The molecule has 1 N–H and O–H groups in total. The SMILES string of the molecule is CN(C)c1nc(-c2ccccc2Br)c(CO)s1. The van der Waals surface area contributed by atoms with Gasteiger partial charge in [0.05, 0.1) is 17.2 Å². The minimum Gasteiger partial charge on any atom is -0.391 e. The van der Waals surface area contributed by atoms with Gasteiger partial charge >= 0.3 is 0 Å². The second kappa shape index (κ2) is 5.16. The summed E-state index contributed by atoms with van der Waals surface area (Å²) in [6.07, 6.45) is 0. The standard InChI is InChI=1S/C12H13BrN2OS/c1-15(2)12-14-11(10(7-16)17-12)8-5-3-4-6-9(8)13/h3-6,16H,7H2,1-2H3. The number of halogens is 1. The van der Waals surface area contributed by atoms with E-state index in [1.54, 1.807) is 0 Å². The largest absolute Gasteiger partial charge is 0.391 e. The minimum absolute atomic E-state index is 0.0160. The van der Waals surface area contributed by atoms with Gasteiger partial charge in [0.2, 0.25) is 0 Å². The van der Waals surface area contributed by atoms with E-state index in [-0.39, 0.29) is 6.61 Å². The molecule has 2 aromatic rings. The van der Waals surface area contributed by atoms with Gasteiger partial charge in [0.1, 0.15) is 0 Å². The molecular weight excluding hydrogens is 300 g/mol. The Hall–Kier alpha value is -0.910. The van der Waals surface area contributed by atoms with E-state index in [4.69, 9.17) is 0 Å². The Labute approximate surface area is 113 Å². The molecule has 90 valence electrons. The highest BCUT2D eigenvalue weighted by Gasteiger charge is 2.15. The molecule has 1 aromatic carbocycles. The Kier molecular flexibility index (Phi) is 3.81. The van der Waals surface area contributed by atoms with Crippen LogP contribution in [0, 0.1) is 0 Å². The Morgan fingerprint density at radius 2 is 2.06 bits per heavy atom. The number of hydrogen-bond donors (Lipinski definition) is 1. The smallest absolute Gasteiger partial charge is 0.185 e. The Morgan fingerprint density at radius 1 is 1.35 bits per heavy atom. The van der Waals surface area contributed by atoms with E-state index < -0.39 is 0 Å². The Balaban J connectivity index is 2.55. The van der Waals surface area contributed by atoms with Crippen LogP contribution in [0.15, 0.2) is 28.7 Å². The van der Waals surface area contributed by atoms with Crippen molar-refractivity contribution in [3.05, 3.63) is 33.6 Å². The molecule has 0 saturated carbocycles. The van der Waals surface area contributed by atoms with Gasteiger partial charge in [0, 0.05) is 24.1 Å². The molecule has 0 unspecified atom stereocenters. The lowest BCUT2D eigenvalue weighted by molar-refractivity contribution is 0.286. The number of rotatable bonds is 3. The lowest BCUT2D eigenvalue weighted by atomic mass is 10.1. The van der Waals surface area contributed by atoms with Gasteiger partial charge in [-0.15, -0.1) is 0 Å². The molecule has 0 amide bonds. The van der Waals surface area contributed by atoms with Crippen molar-refractivity contribution in [2.24, 2.45) is 0 Å². The third-order valence-corrected chi connectivity index (χ3v) is 4.24. The zero-order valence-corrected chi connectivity index (χ0v) is 12.0. The van der Waals surface area contributed by atoms with E-state index in [0.717, 1.165) is 25.7 Å². The summed E-state index contributed by atoms with van der Waals surface area (Å²) in [4.78, 5) is 7.40. The third kappa shape index (κ3) is 2.51. The molecule has 1 aromatic heterocycles. The molecule has 1 heterocycles. The van der Waals surface area contributed by atoms with E-state index in [2.05, 4.69) is 20.9 Å². The summed E-state index contributed by atoms with van der Waals surface area (Å²) in [5.74, 6) is 0. The van der Waals surface area contributed by atoms with Crippen LogP contribution in [0.25, 0.3) is 11.3 Å². The highest BCUT2D eigenvalue weighted by Crippen LogP contribution is 2.35. The normalized spacial score (nSPS) is 10.6. The van der Waals surface area contributed by atoms with Crippen molar-refractivity contribution >= 4 is 32.4 Å². The van der Waals surface area contributed by atoms with Gasteiger partial charge in [-0.1, -0.05) is 45.5 Å². The molecular formula is C12H13BrN2OS. The van der Waals surface area contributed by atoms with E-state index in [0.29, 0.717) is 0 Å². The van der Waals surface area contributed by atoms with Crippen molar-refractivity contribution in [1.82, 2.24) is 4.98 Å². The summed E-state index contributed by atoms with van der Waals surface area (Å²) in [6.45, 7) is 0.0160. The lowest BCUT2D eigenvalue weighted by Gasteiger charge is -2.05. The quantitative estimate of drug-likeness (QED) is 0.946. The molecule has 2 rings (SSSR count). The summed E-state index contributed by atoms with van der Waals surface area (Å²) >= 11 is 5.03. The average molecular weight is 313 g/mol. The first-order chi connectivity index (χ1) is 8.13. The maximum atomic E-state index is 9.40. The maximum absolute atomic E-state index is 9.40. The maximum Gasteiger partial charge on any atom is 0.185 e. The number of thiazole rings is 1. The van der Waals surface area contributed by atoms with Crippen molar-refractivity contribution in [1.29, 1.82) is 0 Å².